The van der Waals surface area contributed by atoms with Crippen molar-refractivity contribution in [1.29, 1.82) is 0 Å². The van der Waals surface area contributed by atoms with Crippen LogP contribution in [0.4, 0.5) is 4.39 Å². The molecule has 0 spiro atoms. The van der Waals surface area contributed by atoms with Gasteiger partial charge in [-0.1, -0.05) is 11.6 Å². The fourth-order valence-corrected chi connectivity index (χ4v) is 3.42. The predicted molar refractivity (Wildman–Crippen MR) is 112 cm³/mol. The van der Waals surface area contributed by atoms with Crippen LogP contribution in [0.3, 0.4) is 0 Å². The van der Waals surface area contributed by atoms with Crippen molar-refractivity contribution in [3.8, 4) is 5.75 Å². The Morgan fingerprint density at radius 3 is 2.57 bits per heavy atom. The molecule has 1 fully saturated rings. The van der Waals surface area contributed by atoms with E-state index in [1.165, 1.54) is 18.2 Å². The summed E-state index contributed by atoms with van der Waals surface area (Å²) in [7, 11) is 0. The van der Waals surface area contributed by atoms with Crippen molar-refractivity contribution in [2.45, 2.75) is 32.2 Å². The van der Waals surface area contributed by atoms with Gasteiger partial charge in [-0.05, 0) is 38.8 Å². The van der Waals surface area contributed by atoms with Crippen molar-refractivity contribution in [1.82, 2.24) is 14.9 Å². The van der Waals surface area contributed by atoms with Crippen molar-refractivity contribution in [2.75, 3.05) is 19.7 Å². The molecule has 2 aromatic rings. The Morgan fingerprint density at radius 2 is 1.93 bits per heavy atom. The molecule has 1 saturated carbocycles. The van der Waals surface area contributed by atoms with Crippen molar-refractivity contribution in [3.63, 3.8) is 0 Å². The van der Waals surface area contributed by atoms with Crippen LogP contribution in [0.2, 0.25) is 5.02 Å². The first-order valence-electron chi connectivity index (χ1n) is 9.66. The highest BCUT2D eigenvalue weighted by molar-refractivity contribution is 6.31. The second-order valence-corrected chi connectivity index (χ2v) is 8.37. The fourth-order valence-electron chi connectivity index (χ4n) is 3.33. The summed E-state index contributed by atoms with van der Waals surface area (Å²) in [5.41, 5.74) is 14.6. The lowest BCUT2D eigenvalue weighted by atomic mass is 10.1. The Labute approximate surface area is 178 Å². The highest BCUT2D eigenvalue weighted by atomic mass is 35.5. The van der Waals surface area contributed by atoms with E-state index >= 15 is 0 Å². The third-order valence-corrected chi connectivity index (χ3v) is 5.97. The minimum atomic E-state index is -0.483. The van der Waals surface area contributed by atoms with Gasteiger partial charge in [-0.25, -0.2) is 14.4 Å². The summed E-state index contributed by atoms with van der Waals surface area (Å²) >= 11 is 6.16. The number of nitrogens with two attached hydrogens (primary N) is 2. The van der Waals surface area contributed by atoms with Crippen molar-refractivity contribution in [3.05, 3.63) is 57.5 Å². The molecule has 1 aliphatic heterocycles. The van der Waals surface area contributed by atoms with Gasteiger partial charge >= 0.3 is 0 Å². The van der Waals surface area contributed by atoms with Crippen molar-refractivity contribution < 1.29 is 13.9 Å². The average Bonchev–Trinajstić information content (AvgIpc) is 3.31. The van der Waals surface area contributed by atoms with Crippen LogP contribution in [0, 0.1) is 19.7 Å². The van der Waals surface area contributed by atoms with Gasteiger partial charge in [0, 0.05) is 17.3 Å². The van der Waals surface area contributed by atoms with E-state index in [0.717, 1.165) is 12.8 Å². The maximum absolute atomic E-state index is 13.8. The number of carbonyl (C=O) groups excluding carboxylic acids is 1. The summed E-state index contributed by atoms with van der Waals surface area (Å²) in [6.07, 6.45) is 1.70. The van der Waals surface area contributed by atoms with Crippen molar-refractivity contribution >= 4 is 23.1 Å². The predicted octanol–water partition coefficient (Wildman–Crippen LogP) is 2.58. The number of halogens is 2. The summed E-state index contributed by atoms with van der Waals surface area (Å²) in [4.78, 5) is 23.6. The summed E-state index contributed by atoms with van der Waals surface area (Å²) in [6.45, 7) is 4.28. The highest BCUT2D eigenvalue weighted by Crippen LogP contribution is 2.34. The second-order valence-electron chi connectivity index (χ2n) is 7.99. The van der Waals surface area contributed by atoms with Gasteiger partial charge in [-0.3, -0.25) is 4.79 Å². The first-order valence-corrected chi connectivity index (χ1v) is 10.0. The van der Waals surface area contributed by atoms with Crippen LogP contribution in [-0.4, -0.2) is 46.0 Å². The van der Waals surface area contributed by atoms with Gasteiger partial charge in [0.1, 0.15) is 18.2 Å². The molecule has 2 aliphatic rings. The molecule has 4 N–H and O–H groups in total. The fraction of sp³-hybridized carbons (Fsp3) is 0.381. The summed E-state index contributed by atoms with van der Waals surface area (Å²) < 4.78 is 19.5. The third-order valence-electron chi connectivity index (χ3n) is 5.42. The summed E-state index contributed by atoms with van der Waals surface area (Å²) in [6, 6.07) is 3.87. The standard InChI is InChI=1S/C21H23ClFN5O2/c1-11-18(22)12(2)27-19(26-11)15-8-28(9-16(15)24)20(29)14-4-3-13(23)7-17(14)30-10-21(25)5-6-21/h3-4,7H,5-6,8-10,24-25H2,1-2H3. The van der Waals surface area contributed by atoms with Gasteiger partial charge in [-0.2, -0.15) is 0 Å². The van der Waals surface area contributed by atoms with Crippen LogP contribution < -0.4 is 16.2 Å². The number of rotatable bonds is 5. The minimum Gasteiger partial charge on any atom is -0.491 e. The van der Waals surface area contributed by atoms with E-state index in [1.807, 2.05) is 0 Å². The topological polar surface area (TPSA) is 107 Å². The van der Waals surface area contributed by atoms with E-state index in [9.17, 15) is 9.18 Å². The Morgan fingerprint density at radius 1 is 1.27 bits per heavy atom. The van der Waals surface area contributed by atoms with Crippen LogP contribution in [0.5, 0.6) is 5.75 Å². The number of nitrogens with zero attached hydrogens (tertiary/aromatic N) is 3. The van der Waals surface area contributed by atoms with Gasteiger partial charge < -0.3 is 21.1 Å². The van der Waals surface area contributed by atoms with Crippen LogP contribution in [0.15, 0.2) is 23.9 Å². The Balaban J connectivity index is 1.56. The molecule has 4 rings (SSSR count). The quantitative estimate of drug-likeness (QED) is 0.753. The molecule has 9 heteroatoms. The lowest BCUT2D eigenvalue weighted by molar-refractivity contribution is 0.0794. The Kier molecular flexibility index (Phi) is 5.15. The number of carbonyl (C=O) groups is 1. The third kappa shape index (κ3) is 3.97. The Bertz CT molecular complexity index is 1040. The molecule has 1 aliphatic carbocycles. The van der Waals surface area contributed by atoms with Gasteiger partial charge in [0.2, 0.25) is 0 Å². The molecule has 2 heterocycles. The number of aromatic nitrogens is 2. The summed E-state index contributed by atoms with van der Waals surface area (Å²) in [5, 5.41) is 0.505. The molecule has 158 valence electrons. The molecule has 7 nitrogen and oxygen atoms in total. The molecule has 0 atom stereocenters. The molecular weight excluding hydrogens is 409 g/mol. The highest BCUT2D eigenvalue weighted by Gasteiger charge is 2.39. The van der Waals surface area contributed by atoms with E-state index < -0.39 is 5.82 Å². The van der Waals surface area contributed by atoms with Gasteiger partial charge in [-0.15, -0.1) is 0 Å². The minimum absolute atomic E-state index is 0.179. The van der Waals surface area contributed by atoms with E-state index in [0.29, 0.717) is 33.5 Å². The van der Waals surface area contributed by atoms with E-state index in [1.54, 1.807) is 18.7 Å². The molecule has 1 amide bonds. The van der Waals surface area contributed by atoms with Crippen molar-refractivity contribution in [2.24, 2.45) is 11.5 Å². The van der Waals surface area contributed by atoms with E-state index in [-0.39, 0.29) is 42.5 Å². The zero-order valence-corrected chi connectivity index (χ0v) is 17.6. The average molecular weight is 432 g/mol. The van der Waals surface area contributed by atoms with Gasteiger partial charge in [0.15, 0.2) is 5.82 Å². The summed E-state index contributed by atoms with van der Waals surface area (Å²) in [5.74, 6) is -0.161. The largest absolute Gasteiger partial charge is 0.491 e. The molecule has 0 unspecified atom stereocenters. The number of aryl methyl sites for hydroxylation is 2. The SMILES string of the molecule is Cc1nc(C2=C(N)CN(C(=O)c3ccc(F)cc3OCC3(N)CC3)C2)nc(C)c1Cl. The van der Waals surface area contributed by atoms with E-state index in [4.69, 9.17) is 27.8 Å². The number of hydrogen-bond acceptors (Lipinski definition) is 6. The van der Waals surface area contributed by atoms with Gasteiger partial charge in [0.05, 0.1) is 40.6 Å². The van der Waals surface area contributed by atoms with Gasteiger partial charge in [0.25, 0.3) is 5.91 Å². The maximum Gasteiger partial charge on any atom is 0.258 e. The monoisotopic (exact) mass is 431 g/mol. The number of amides is 1. The zero-order valence-electron chi connectivity index (χ0n) is 16.8. The molecule has 30 heavy (non-hydrogen) atoms. The normalized spacial score (nSPS) is 17.4. The lowest BCUT2D eigenvalue weighted by Gasteiger charge is -2.20. The Hall–Kier alpha value is -2.71. The lowest BCUT2D eigenvalue weighted by Crippen LogP contribution is -2.32. The second kappa shape index (κ2) is 7.52. The van der Waals surface area contributed by atoms with Crippen LogP contribution in [-0.2, 0) is 0 Å². The van der Waals surface area contributed by atoms with Crippen LogP contribution >= 0.6 is 11.6 Å². The molecule has 0 saturated heterocycles. The molecule has 1 aromatic heterocycles. The number of ether oxygens (including phenoxy) is 1. The molecule has 0 radical (unpaired) electrons. The number of hydrogen-bond donors (Lipinski definition) is 2. The number of benzene rings is 1. The first kappa shape index (κ1) is 20.6. The zero-order chi connectivity index (χ0) is 21.6. The first-order chi connectivity index (χ1) is 14.2. The van der Waals surface area contributed by atoms with E-state index in [2.05, 4.69) is 9.97 Å². The molecular formula is C21H23ClFN5O2. The van der Waals surface area contributed by atoms with Crippen LogP contribution in [0.1, 0.15) is 40.4 Å². The molecule has 1 aromatic carbocycles. The smallest absolute Gasteiger partial charge is 0.258 e. The maximum atomic E-state index is 13.8. The molecule has 0 bridgehead atoms. The van der Waals surface area contributed by atoms with Crippen LogP contribution in [0.25, 0.3) is 5.57 Å².